The van der Waals surface area contributed by atoms with Crippen LogP contribution in [0.3, 0.4) is 0 Å². The lowest BCUT2D eigenvalue weighted by Crippen LogP contribution is -2.34. The quantitative estimate of drug-likeness (QED) is 0.383. The monoisotopic (exact) mass is 454 g/mol. The molecule has 4 nitrogen and oxygen atoms in total. The molecule has 1 N–H and O–H groups in total. The number of pyridine rings is 1. The normalized spacial score (nSPS) is 12.3. The van der Waals surface area contributed by atoms with Crippen molar-refractivity contribution in [2.45, 2.75) is 19.1 Å². The standard InChI is InChI=1S/C24H18ClF3N4/c1-15(24(26,27)28)30-23-31-21-13-16(4-12-22(21)32(23)2)3-10-20-11-7-18(14-29-20)17-5-8-19(25)9-6-17/h4-9,11-15H,1-2H3,(H,30,31). The first kappa shape index (κ1) is 21.7. The molecule has 0 bridgehead atoms. The van der Waals surface area contributed by atoms with Gasteiger partial charge in [-0.2, -0.15) is 13.2 Å². The Morgan fingerprint density at radius 3 is 2.38 bits per heavy atom. The average Bonchev–Trinajstić information content (AvgIpc) is 3.07. The van der Waals surface area contributed by atoms with Crippen LogP contribution in [0.25, 0.3) is 22.2 Å². The van der Waals surface area contributed by atoms with Crippen molar-refractivity contribution in [3.05, 3.63) is 77.1 Å². The van der Waals surface area contributed by atoms with Gasteiger partial charge in [-0.3, -0.25) is 0 Å². The van der Waals surface area contributed by atoms with E-state index < -0.39 is 12.2 Å². The number of nitrogens with zero attached hydrogens (tertiary/aromatic N) is 3. The average molecular weight is 455 g/mol. The predicted octanol–water partition coefficient (Wildman–Crippen LogP) is 6.05. The second-order valence-electron chi connectivity index (χ2n) is 7.29. The number of fused-ring (bicyclic) bond motifs is 1. The Morgan fingerprint density at radius 1 is 1.00 bits per heavy atom. The van der Waals surface area contributed by atoms with E-state index in [1.807, 2.05) is 36.4 Å². The lowest BCUT2D eigenvalue weighted by atomic mass is 10.1. The van der Waals surface area contributed by atoms with E-state index in [0.717, 1.165) is 18.1 Å². The van der Waals surface area contributed by atoms with Gasteiger partial charge in [-0.1, -0.05) is 35.7 Å². The van der Waals surface area contributed by atoms with Crippen LogP contribution in [0.15, 0.2) is 60.8 Å². The van der Waals surface area contributed by atoms with Crippen LogP contribution < -0.4 is 5.32 Å². The summed E-state index contributed by atoms with van der Waals surface area (Å²) in [5, 5.41) is 3.09. The summed E-state index contributed by atoms with van der Waals surface area (Å²) in [6.07, 6.45) is -2.61. The van der Waals surface area contributed by atoms with Crippen LogP contribution in [0, 0.1) is 11.8 Å². The van der Waals surface area contributed by atoms with Gasteiger partial charge >= 0.3 is 6.18 Å². The van der Waals surface area contributed by atoms with Crippen molar-refractivity contribution in [1.29, 1.82) is 0 Å². The summed E-state index contributed by atoms with van der Waals surface area (Å²) in [5.41, 5.74) is 4.52. The number of aryl methyl sites for hydroxylation is 1. The number of nitrogens with one attached hydrogen (secondary N) is 1. The van der Waals surface area contributed by atoms with Gasteiger partial charge in [0.25, 0.3) is 0 Å². The zero-order valence-electron chi connectivity index (χ0n) is 17.2. The minimum atomic E-state index is -4.36. The number of aromatic nitrogens is 3. The molecular weight excluding hydrogens is 437 g/mol. The second kappa shape index (κ2) is 8.56. The Bertz CT molecular complexity index is 1310. The summed E-state index contributed by atoms with van der Waals surface area (Å²) in [7, 11) is 1.66. The second-order valence-corrected chi connectivity index (χ2v) is 7.73. The van der Waals surface area contributed by atoms with Gasteiger partial charge in [0.15, 0.2) is 0 Å². The number of alkyl halides is 3. The molecule has 8 heteroatoms. The highest BCUT2D eigenvalue weighted by Crippen LogP contribution is 2.25. The minimum Gasteiger partial charge on any atom is -0.344 e. The maximum atomic E-state index is 12.9. The van der Waals surface area contributed by atoms with E-state index in [9.17, 15) is 13.2 Å². The fourth-order valence-corrected chi connectivity index (χ4v) is 3.23. The molecule has 0 spiro atoms. The molecule has 0 saturated carbocycles. The van der Waals surface area contributed by atoms with E-state index in [1.54, 1.807) is 36.0 Å². The molecule has 0 fully saturated rings. The van der Waals surface area contributed by atoms with Crippen molar-refractivity contribution in [1.82, 2.24) is 14.5 Å². The summed E-state index contributed by atoms with van der Waals surface area (Å²) >= 11 is 5.92. The number of hydrogen-bond acceptors (Lipinski definition) is 3. The van der Waals surface area contributed by atoms with Gasteiger partial charge in [-0.05, 0) is 54.8 Å². The molecule has 1 unspecified atom stereocenters. The number of anilines is 1. The fourth-order valence-electron chi connectivity index (χ4n) is 3.10. The van der Waals surface area contributed by atoms with Gasteiger partial charge < -0.3 is 9.88 Å². The summed E-state index contributed by atoms with van der Waals surface area (Å²) in [6, 6.07) is 14.9. The number of hydrogen-bond donors (Lipinski definition) is 1. The predicted molar refractivity (Wildman–Crippen MR) is 121 cm³/mol. The summed E-state index contributed by atoms with van der Waals surface area (Å²) in [6.45, 7) is 1.06. The Balaban J connectivity index is 1.54. The number of rotatable bonds is 3. The molecule has 4 rings (SSSR count). The molecule has 32 heavy (non-hydrogen) atoms. The SMILES string of the molecule is CC(Nc1nc2cc(C#Cc3ccc(-c4ccc(Cl)cc4)cn3)ccc2n1C)C(F)(F)F. The molecule has 2 heterocycles. The Labute approximate surface area is 188 Å². The third-order valence-electron chi connectivity index (χ3n) is 4.99. The van der Waals surface area contributed by atoms with Gasteiger partial charge in [0.1, 0.15) is 11.7 Å². The van der Waals surface area contributed by atoms with Crippen molar-refractivity contribution in [3.8, 4) is 23.0 Å². The van der Waals surface area contributed by atoms with Gasteiger partial charge in [0, 0.05) is 29.4 Å². The van der Waals surface area contributed by atoms with E-state index in [2.05, 4.69) is 27.1 Å². The van der Waals surface area contributed by atoms with Gasteiger partial charge in [-0.15, -0.1) is 0 Å². The zero-order chi connectivity index (χ0) is 22.9. The topological polar surface area (TPSA) is 42.7 Å². The van der Waals surface area contributed by atoms with Crippen LogP contribution in [0.4, 0.5) is 19.1 Å². The van der Waals surface area contributed by atoms with E-state index in [0.29, 0.717) is 27.3 Å². The summed E-state index contributed by atoms with van der Waals surface area (Å²) in [5.74, 6) is 6.19. The first-order chi connectivity index (χ1) is 15.2. The molecule has 0 amide bonds. The minimum absolute atomic E-state index is 0.148. The molecule has 2 aromatic heterocycles. The van der Waals surface area contributed by atoms with Crippen molar-refractivity contribution < 1.29 is 13.2 Å². The summed E-state index contributed by atoms with van der Waals surface area (Å²) in [4.78, 5) is 8.68. The van der Waals surface area contributed by atoms with E-state index in [4.69, 9.17) is 11.6 Å². The third-order valence-corrected chi connectivity index (χ3v) is 5.25. The van der Waals surface area contributed by atoms with Gasteiger partial charge in [-0.25, -0.2) is 9.97 Å². The highest BCUT2D eigenvalue weighted by Gasteiger charge is 2.36. The summed E-state index contributed by atoms with van der Waals surface area (Å²) < 4.78 is 40.2. The Hall–Kier alpha value is -3.50. The molecule has 0 saturated heterocycles. The Morgan fingerprint density at radius 2 is 1.72 bits per heavy atom. The van der Waals surface area contributed by atoms with Crippen molar-refractivity contribution >= 4 is 28.6 Å². The van der Waals surface area contributed by atoms with Crippen LogP contribution in [0.1, 0.15) is 18.2 Å². The first-order valence-electron chi connectivity index (χ1n) is 9.74. The van der Waals surface area contributed by atoms with Crippen molar-refractivity contribution in [3.63, 3.8) is 0 Å². The van der Waals surface area contributed by atoms with E-state index in [-0.39, 0.29) is 5.95 Å². The number of benzene rings is 2. The molecule has 0 aliphatic heterocycles. The molecule has 0 aliphatic rings. The maximum absolute atomic E-state index is 12.9. The Kier molecular flexibility index (Phi) is 5.81. The van der Waals surface area contributed by atoms with Crippen molar-refractivity contribution in [2.75, 3.05) is 5.32 Å². The molecule has 2 aromatic carbocycles. The lowest BCUT2D eigenvalue weighted by Gasteiger charge is -2.17. The lowest BCUT2D eigenvalue weighted by molar-refractivity contribution is -0.138. The highest BCUT2D eigenvalue weighted by molar-refractivity contribution is 6.30. The highest BCUT2D eigenvalue weighted by atomic mass is 35.5. The number of halogens is 4. The van der Waals surface area contributed by atoms with Crippen LogP contribution >= 0.6 is 11.6 Å². The van der Waals surface area contributed by atoms with E-state index in [1.165, 1.54) is 0 Å². The fraction of sp³-hybridized carbons (Fsp3) is 0.167. The third kappa shape index (κ3) is 4.71. The number of imidazole rings is 1. The van der Waals surface area contributed by atoms with Gasteiger partial charge in [0.05, 0.1) is 11.0 Å². The molecule has 4 aromatic rings. The van der Waals surface area contributed by atoms with Crippen LogP contribution in [0.2, 0.25) is 5.02 Å². The first-order valence-corrected chi connectivity index (χ1v) is 10.1. The maximum Gasteiger partial charge on any atom is 0.408 e. The van der Waals surface area contributed by atoms with Crippen LogP contribution in [-0.2, 0) is 7.05 Å². The zero-order valence-corrected chi connectivity index (χ0v) is 18.0. The molecule has 0 radical (unpaired) electrons. The largest absolute Gasteiger partial charge is 0.408 e. The molecule has 162 valence electrons. The molecule has 1 atom stereocenters. The molecule has 0 aliphatic carbocycles. The molecular formula is C24H18ClF3N4. The van der Waals surface area contributed by atoms with Crippen LogP contribution in [0.5, 0.6) is 0 Å². The van der Waals surface area contributed by atoms with Crippen LogP contribution in [-0.4, -0.2) is 26.8 Å². The smallest absolute Gasteiger partial charge is 0.344 e. The van der Waals surface area contributed by atoms with Gasteiger partial charge in [0.2, 0.25) is 5.95 Å². The van der Waals surface area contributed by atoms with Crippen molar-refractivity contribution in [2.24, 2.45) is 7.05 Å². The van der Waals surface area contributed by atoms with E-state index >= 15 is 0 Å².